The van der Waals surface area contributed by atoms with Crippen LogP contribution < -0.4 is 15.4 Å². The van der Waals surface area contributed by atoms with Crippen molar-refractivity contribution in [3.05, 3.63) is 78.1 Å². The quantitative estimate of drug-likeness (QED) is 0.410. The molecule has 178 valence electrons. The van der Waals surface area contributed by atoms with Gasteiger partial charge in [0.05, 0.1) is 13.2 Å². The van der Waals surface area contributed by atoms with Gasteiger partial charge in [0, 0.05) is 5.39 Å². The molecule has 0 aliphatic carbocycles. The molecule has 2 heterocycles. The molecular formula is C27H25N3O5. The Balaban J connectivity index is 1.31. The van der Waals surface area contributed by atoms with Crippen molar-refractivity contribution in [3.8, 4) is 5.75 Å². The van der Waals surface area contributed by atoms with Crippen LogP contribution in [0.4, 0.5) is 4.79 Å². The summed E-state index contributed by atoms with van der Waals surface area (Å²) >= 11 is 0. The summed E-state index contributed by atoms with van der Waals surface area (Å²) in [5.74, 6) is 0.378. The lowest BCUT2D eigenvalue weighted by atomic mass is 9.90. The van der Waals surface area contributed by atoms with Gasteiger partial charge in [-0.3, -0.25) is 14.5 Å². The Morgan fingerprint density at radius 2 is 1.80 bits per heavy atom. The molecule has 0 spiro atoms. The number of hydrogen-bond acceptors (Lipinski definition) is 5. The molecule has 2 N–H and O–H groups in total. The van der Waals surface area contributed by atoms with Crippen molar-refractivity contribution in [1.82, 2.24) is 15.5 Å². The van der Waals surface area contributed by atoms with E-state index in [4.69, 9.17) is 9.15 Å². The van der Waals surface area contributed by atoms with E-state index < -0.39 is 36.0 Å². The van der Waals surface area contributed by atoms with E-state index in [0.717, 1.165) is 32.4 Å². The van der Waals surface area contributed by atoms with Gasteiger partial charge in [-0.15, -0.1) is 0 Å². The van der Waals surface area contributed by atoms with Gasteiger partial charge in [-0.25, -0.2) is 4.79 Å². The number of nitrogens with one attached hydrogen (secondary N) is 2. The highest BCUT2D eigenvalue weighted by molar-refractivity contribution is 6.09. The lowest BCUT2D eigenvalue weighted by molar-refractivity contribution is -0.135. The molecule has 1 fully saturated rings. The fourth-order valence-electron chi connectivity index (χ4n) is 4.42. The number of carbonyl (C=O) groups excluding carboxylic acids is 3. The highest BCUT2D eigenvalue weighted by atomic mass is 16.5. The average molecular weight is 472 g/mol. The summed E-state index contributed by atoms with van der Waals surface area (Å²) in [6.45, 7) is 3.04. The molecule has 0 bridgehead atoms. The summed E-state index contributed by atoms with van der Waals surface area (Å²) in [4.78, 5) is 39.7. The Kier molecular flexibility index (Phi) is 5.43. The van der Waals surface area contributed by atoms with Crippen molar-refractivity contribution < 1.29 is 23.5 Å². The number of methoxy groups -OCH3 is 1. The number of furan rings is 1. The summed E-state index contributed by atoms with van der Waals surface area (Å²) in [5, 5.41) is 8.35. The number of fused-ring (bicyclic) bond motifs is 2. The number of hydrogen-bond donors (Lipinski definition) is 2. The molecule has 1 saturated heterocycles. The first kappa shape index (κ1) is 22.5. The minimum atomic E-state index is -1.28. The number of ether oxygens (including phenoxy) is 1. The number of urea groups is 1. The molecule has 35 heavy (non-hydrogen) atoms. The molecule has 2 atom stereocenters. The van der Waals surface area contributed by atoms with E-state index in [0.29, 0.717) is 11.3 Å². The summed E-state index contributed by atoms with van der Waals surface area (Å²) in [6, 6.07) is 19.5. The zero-order valence-corrected chi connectivity index (χ0v) is 19.6. The van der Waals surface area contributed by atoms with E-state index in [1.165, 1.54) is 0 Å². The smallest absolute Gasteiger partial charge is 0.325 e. The number of amides is 4. The maximum Gasteiger partial charge on any atom is 0.325 e. The molecule has 8 heteroatoms. The summed E-state index contributed by atoms with van der Waals surface area (Å²) in [6.07, 6.45) is 0. The van der Waals surface area contributed by atoms with E-state index >= 15 is 0 Å². The number of imide groups is 1. The molecule has 4 amide bonds. The maximum absolute atomic E-state index is 13.3. The Bertz CT molecular complexity index is 1440. The molecule has 0 unspecified atom stereocenters. The van der Waals surface area contributed by atoms with Gasteiger partial charge in [0.2, 0.25) is 5.91 Å². The molecule has 1 aliphatic rings. The van der Waals surface area contributed by atoms with Crippen LogP contribution in [0.2, 0.25) is 0 Å². The molecule has 1 aliphatic heterocycles. The fourth-order valence-corrected chi connectivity index (χ4v) is 4.42. The van der Waals surface area contributed by atoms with Gasteiger partial charge in [-0.1, -0.05) is 36.4 Å². The summed E-state index contributed by atoms with van der Waals surface area (Å²) < 4.78 is 11.1. The zero-order valence-electron chi connectivity index (χ0n) is 19.6. The first-order chi connectivity index (χ1) is 16.8. The minimum absolute atomic E-state index is 0.393. The van der Waals surface area contributed by atoms with Gasteiger partial charge in [0.25, 0.3) is 5.91 Å². The normalized spacial score (nSPS) is 18.7. The van der Waals surface area contributed by atoms with Crippen LogP contribution in [0.3, 0.4) is 0 Å². The fraction of sp³-hybridized carbons (Fsp3) is 0.222. The van der Waals surface area contributed by atoms with Crippen LogP contribution in [-0.4, -0.2) is 36.4 Å². The van der Waals surface area contributed by atoms with Crippen LogP contribution in [0, 0.1) is 0 Å². The van der Waals surface area contributed by atoms with Crippen LogP contribution in [0.1, 0.15) is 31.2 Å². The number of carbonyl (C=O) groups is 3. The lowest BCUT2D eigenvalue weighted by Crippen LogP contribution is -2.43. The van der Waals surface area contributed by atoms with Crippen molar-refractivity contribution >= 4 is 39.6 Å². The van der Waals surface area contributed by atoms with Gasteiger partial charge in [-0.05, 0) is 60.5 Å². The molecule has 8 nitrogen and oxygen atoms in total. The topological polar surface area (TPSA) is 101 Å². The second-order valence-electron chi connectivity index (χ2n) is 8.85. The van der Waals surface area contributed by atoms with Gasteiger partial charge < -0.3 is 19.8 Å². The Hall–Kier alpha value is -4.33. The second-order valence-corrected chi connectivity index (χ2v) is 8.85. The Labute approximate surface area is 201 Å². The molecule has 0 radical (unpaired) electrons. The van der Waals surface area contributed by atoms with Gasteiger partial charge in [-0.2, -0.15) is 0 Å². The highest BCUT2D eigenvalue weighted by Crippen LogP contribution is 2.32. The third kappa shape index (κ3) is 3.97. The minimum Gasteiger partial charge on any atom is -0.497 e. The third-order valence-corrected chi connectivity index (χ3v) is 6.45. The monoisotopic (exact) mass is 471 g/mol. The van der Waals surface area contributed by atoms with Crippen LogP contribution in [0.15, 0.2) is 71.1 Å². The SMILES string of the molecule is COc1ccc2cc([C@@]3(C)NC(=O)N(CC(=O)N[C@H](C)c4cc5ccccc5o4)C3=O)ccc2c1. The first-order valence-electron chi connectivity index (χ1n) is 11.3. The van der Waals surface area contributed by atoms with Gasteiger partial charge >= 0.3 is 6.03 Å². The van der Waals surface area contributed by atoms with E-state index in [2.05, 4.69) is 10.6 Å². The van der Waals surface area contributed by atoms with Crippen LogP contribution in [0.5, 0.6) is 5.75 Å². The number of para-hydroxylation sites is 1. The summed E-state index contributed by atoms with van der Waals surface area (Å²) in [5.41, 5.74) is 0.0740. The molecular weight excluding hydrogens is 446 g/mol. The predicted molar refractivity (Wildman–Crippen MR) is 131 cm³/mol. The van der Waals surface area contributed by atoms with Gasteiger partial charge in [0.15, 0.2) is 0 Å². The van der Waals surface area contributed by atoms with E-state index in [-0.39, 0.29) is 0 Å². The first-order valence-corrected chi connectivity index (χ1v) is 11.3. The highest BCUT2D eigenvalue weighted by Gasteiger charge is 2.49. The maximum atomic E-state index is 13.3. The van der Waals surface area contributed by atoms with Crippen LogP contribution in [0.25, 0.3) is 21.7 Å². The third-order valence-electron chi connectivity index (χ3n) is 6.45. The Morgan fingerprint density at radius 1 is 1.06 bits per heavy atom. The summed E-state index contributed by atoms with van der Waals surface area (Å²) in [7, 11) is 1.60. The van der Waals surface area contributed by atoms with E-state index in [9.17, 15) is 14.4 Å². The Morgan fingerprint density at radius 3 is 2.57 bits per heavy atom. The molecule has 3 aromatic carbocycles. The van der Waals surface area contributed by atoms with Crippen molar-refractivity contribution in [2.75, 3.05) is 13.7 Å². The standard InChI is InChI=1S/C27H25N3O5/c1-16(23-14-19-6-4-5-7-22(19)35-23)28-24(31)15-30-25(32)27(2,29-26(30)33)20-10-8-18-13-21(34-3)11-9-17(18)12-20/h4-14,16H,15H2,1-3H3,(H,28,31)(H,29,33)/t16-,27-/m1/s1. The number of benzene rings is 3. The van der Waals surface area contributed by atoms with Gasteiger partial charge in [0.1, 0.15) is 29.2 Å². The van der Waals surface area contributed by atoms with Crippen molar-refractivity contribution in [3.63, 3.8) is 0 Å². The zero-order chi connectivity index (χ0) is 24.7. The number of nitrogens with zero attached hydrogens (tertiary/aromatic N) is 1. The molecule has 0 saturated carbocycles. The molecule has 5 rings (SSSR count). The lowest BCUT2D eigenvalue weighted by Gasteiger charge is -2.23. The van der Waals surface area contributed by atoms with Crippen LogP contribution in [-0.2, 0) is 15.1 Å². The van der Waals surface area contributed by atoms with Crippen molar-refractivity contribution in [2.45, 2.75) is 25.4 Å². The average Bonchev–Trinajstić information content (AvgIpc) is 3.38. The van der Waals surface area contributed by atoms with E-state index in [1.807, 2.05) is 60.7 Å². The van der Waals surface area contributed by atoms with Crippen molar-refractivity contribution in [2.24, 2.45) is 0 Å². The largest absolute Gasteiger partial charge is 0.497 e. The molecule has 4 aromatic rings. The van der Waals surface area contributed by atoms with Crippen molar-refractivity contribution in [1.29, 1.82) is 0 Å². The second kappa shape index (κ2) is 8.47. The van der Waals surface area contributed by atoms with Crippen LogP contribution >= 0.6 is 0 Å². The number of rotatable bonds is 6. The predicted octanol–water partition coefficient (Wildman–Crippen LogP) is 4.24. The molecule has 1 aromatic heterocycles. The van der Waals surface area contributed by atoms with E-state index in [1.54, 1.807) is 27.0 Å².